The van der Waals surface area contributed by atoms with Gasteiger partial charge in [0.15, 0.2) is 0 Å². The van der Waals surface area contributed by atoms with Crippen molar-refractivity contribution in [3.8, 4) is 17.5 Å². The Morgan fingerprint density at radius 3 is 2.50 bits per heavy atom. The summed E-state index contributed by atoms with van der Waals surface area (Å²) in [4.78, 5) is 11.8. The van der Waals surface area contributed by atoms with Gasteiger partial charge in [-0.05, 0) is 29.8 Å². The van der Waals surface area contributed by atoms with Gasteiger partial charge < -0.3 is 13.9 Å². The minimum Gasteiger partial charge on any atom is -0.497 e. The molecule has 6 nitrogen and oxygen atoms in total. The van der Waals surface area contributed by atoms with Crippen molar-refractivity contribution in [2.45, 2.75) is 6.61 Å². The van der Waals surface area contributed by atoms with Gasteiger partial charge in [-0.15, -0.1) is 0 Å². The van der Waals surface area contributed by atoms with Crippen LogP contribution in [-0.4, -0.2) is 16.9 Å². The lowest BCUT2D eigenvalue weighted by Gasteiger charge is -2.01. The first-order valence-electron chi connectivity index (χ1n) is 6.67. The van der Waals surface area contributed by atoms with Gasteiger partial charge in [0.05, 0.1) is 12.8 Å². The summed E-state index contributed by atoms with van der Waals surface area (Å²) in [6.07, 6.45) is -0.0651. The zero-order chi connectivity index (χ0) is 15.4. The average molecular weight is 298 g/mol. The first-order valence-corrected chi connectivity index (χ1v) is 6.67. The third-order valence-electron chi connectivity index (χ3n) is 3.05. The number of benzene rings is 2. The van der Waals surface area contributed by atoms with Crippen molar-refractivity contribution in [3.05, 3.63) is 70.7 Å². The van der Waals surface area contributed by atoms with Crippen LogP contribution in [0.3, 0.4) is 0 Å². The summed E-state index contributed by atoms with van der Waals surface area (Å²) in [6.45, 7) is 0.281. The maximum absolute atomic E-state index is 11.8. The van der Waals surface area contributed by atoms with Crippen LogP contribution in [0.2, 0.25) is 0 Å². The molecule has 0 aliphatic carbocycles. The summed E-state index contributed by atoms with van der Waals surface area (Å²) in [7, 11) is 1.58. The van der Waals surface area contributed by atoms with Crippen molar-refractivity contribution >= 4 is 0 Å². The second-order valence-electron chi connectivity index (χ2n) is 4.52. The van der Waals surface area contributed by atoms with E-state index in [0.717, 1.165) is 10.2 Å². The fourth-order valence-corrected chi connectivity index (χ4v) is 1.93. The minimum absolute atomic E-state index is 0.0651. The van der Waals surface area contributed by atoms with E-state index >= 15 is 0 Å². The molecule has 1 heterocycles. The van der Waals surface area contributed by atoms with E-state index in [2.05, 4.69) is 5.10 Å². The summed E-state index contributed by atoms with van der Waals surface area (Å²) >= 11 is 0. The zero-order valence-corrected chi connectivity index (χ0v) is 11.9. The normalized spacial score (nSPS) is 10.4. The first-order chi connectivity index (χ1) is 10.8. The molecule has 22 heavy (non-hydrogen) atoms. The van der Waals surface area contributed by atoms with Crippen LogP contribution in [0.4, 0.5) is 0 Å². The van der Waals surface area contributed by atoms with Gasteiger partial charge in [0, 0.05) is 0 Å². The van der Waals surface area contributed by atoms with E-state index in [4.69, 9.17) is 13.9 Å². The molecule has 1 aromatic heterocycles. The Hall–Kier alpha value is -3.02. The highest BCUT2D eigenvalue weighted by atomic mass is 16.6. The summed E-state index contributed by atoms with van der Waals surface area (Å²) in [5.41, 5.74) is 1.54. The van der Waals surface area contributed by atoms with E-state index in [-0.39, 0.29) is 12.7 Å². The van der Waals surface area contributed by atoms with E-state index in [9.17, 15) is 4.79 Å². The molecule has 0 aliphatic rings. The maximum Gasteiger partial charge on any atom is 0.444 e. The van der Waals surface area contributed by atoms with Crippen LogP contribution in [0.15, 0.2) is 63.8 Å². The lowest BCUT2D eigenvalue weighted by molar-refractivity contribution is 0.215. The Labute approximate surface area is 126 Å². The summed E-state index contributed by atoms with van der Waals surface area (Å²) in [6, 6.07) is 16.5. The number of ether oxygens (including phenoxy) is 2. The number of nitrogens with zero attached hydrogens (tertiary/aromatic N) is 2. The zero-order valence-electron chi connectivity index (χ0n) is 11.9. The first kappa shape index (κ1) is 13.9. The van der Waals surface area contributed by atoms with Gasteiger partial charge in [-0.25, -0.2) is 4.79 Å². The summed E-state index contributed by atoms with van der Waals surface area (Å²) in [5.74, 6) is 0.0917. The third-order valence-corrected chi connectivity index (χ3v) is 3.05. The van der Waals surface area contributed by atoms with Crippen LogP contribution in [0.5, 0.6) is 11.8 Å². The minimum atomic E-state index is -0.603. The van der Waals surface area contributed by atoms with E-state index in [1.807, 2.05) is 30.3 Å². The SMILES string of the molecule is COc1ccc(-n2nc(OCc3ccccc3)oc2=O)cc1. The lowest BCUT2D eigenvalue weighted by atomic mass is 10.2. The highest BCUT2D eigenvalue weighted by Crippen LogP contribution is 2.15. The Kier molecular flexibility index (Phi) is 3.91. The average Bonchev–Trinajstić information content (AvgIpc) is 2.95. The van der Waals surface area contributed by atoms with Crippen LogP contribution >= 0.6 is 0 Å². The van der Waals surface area contributed by atoms with Crippen molar-refractivity contribution in [2.24, 2.45) is 0 Å². The van der Waals surface area contributed by atoms with Crippen LogP contribution < -0.4 is 15.2 Å². The molecular weight excluding hydrogens is 284 g/mol. The fourth-order valence-electron chi connectivity index (χ4n) is 1.93. The van der Waals surface area contributed by atoms with Crippen LogP contribution in [-0.2, 0) is 6.61 Å². The molecule has 3 aromatic rings. The molecular formula is C16H14N2O4. The van der Waals surface area contributed by atoms with Crippen molar-refractivity contribution < 1.29 is 13.9 Å². The van der Waals surface area contributed by atoms with E-state index in [0.29, 0.717) is 11.4 Å². The van der Waals surface area contributed by atoms with Gasteiger partial charge >= 0.3 is 11.8 Å². The molecule has 0 aliphatic heterocycles. The van der Waals surface area contributed by atoms with Gasteiger partial charge in [0.2, 0.25) is 0 Å². The smallest absolute Gasteiger partial charge is 0.444 e. The summed E-state index contributed by atoms with van der Waals surface area (Å²) < 4.78 is 16.6. The molecule has 3 rings (SSSR count). The molecule has 0 bridgehead atoms. The van der Waals surface area contributed by atoms with Crippen LogP contribution in [0.25, 0.3) is 5.69 Å². The van der Waals surface area contributed by atoms with Crippen molar-refractivity contribution in [1.29, 1.82) is 0 Å². The number of rotatable bonds is 5. The Balaban J connectivity index is 1.77. The standard InChI is InChI=1S/C16H14N2O4/c1-20-14-9-7-13(8-10-14)18-16(19)22-15(17-18)21-11-12-5-3-2-4-6-12/h2-10H,11H2,1H3. The number of hydrogen-bond donors (Lipinski definition) is 0. The van der Waals surface area contributed by atoms with Gasteiger partial charge in [0.25, 0.3) is 0 Å². The Bertz CT molecular complexity index is 791. The van der Waals surface area contributed by atoms with E-state index in [1.165, 1.54) is 0 Å². The summed E-state index contributed by atoms with van der Waals surface area (Å²) in [5, 5.41) is 4.03. The number of hydrogen-bond acceptors (Lipinski definition) is 5. The Morgan fingerprint density at radius 2 is 1.82 bits per heavy atom. The third kappa shape index (κ3) is 3.01. The van der Waals surface area contributed by atoms with Gasteiger partial charge in [0.1, 0.15) is 12.4 Å². The monoisotopic (exact) mass is 298 g/mol. The topological polar surface area (TPSA) is 66.5 Å². The quantitative estimate of drug-likeness (QED) is 0.723. The predicted molar refractivity (Wildman–Crippen MR) is 79.4 cm³/mol. The second kappa shape index (κ2) is 6.17. The molecule has 0 saturated heterocycles. The highest BCUT2D eigenvalue weighted by Gasteiger charge is 2.11. The molecule has 6 heteroatoms. The van der Waals surface area contributed by atoms with Gasteiger partial charge in [-0.1, -0.05) is 35.4 Å². The molecule has 0 fully saturated rings. The van der Waals surface area contributed by atoms with E-state index < -0.39 is 5.76 Å². The molecule has 0 unspecified atom stereocenters. The van der Waals surface area contributed by atoms with Gasteiger partial charge in [-0.3, -0.25) is 0 Å². The van der Waals surface area contributed by atoms with Crippen molar-refractivity contribution in [1.82, 2.24) is 9.78 Å². The highest BCUT2D eigenvalue weighted by molar-refractivity contribution is 5.36. The molecule has 0 spiro atoms. The molecule has 0 amide bonds. The van der Waals surface area contributed by atoms with E-state index in [1.54, 1.807) is 31.4 Å². The largest absolute Gasteiger partial charge is 0.497 e. The van der Waals surface area contributed by atoms with Gasteiger partial charge in [-0.2, -0.15) is 4.68 Å². The molecule has 0 N–H and O–H groups in total. The molecule has 0 saturated carbocycles. The number of methoxy groups -OCH3 is 1. The van der Waals surface area contributed by atoms with Crippen LogP contribution in [0.1, 0.15) is 5.56 Å². The number of aromatic nitrogens is 2. The fraction of sp³-hybridized carbons (Fsp3) is 0.125. The van der Waals surface area contributed by atoms with Crippen LogP contribution in [0, 0.1) is 0 Å². The second-order valence-corrected chi connectivity index (χ2v) is 4.52. The van der Waals surface area contributed by atoms with Crippen molar-refractivity contribution in [2.75, 3.05) is 7.11 Å². The lowest BCUT2D eigenvalue weighted by Crippen LogP contribution is -2.13. The molecule has 0 radical (unpaired) electrons. The molecule has 0 atom stereocenters. The van der Waals surface area contributed by atoms with Crippen molar-refractivity contribution in [3.63, 3.8) is 0 Å². The maximum atomic E-state index is 11.8. The molecule has 2 aromatic carbocycles. The Morgan fingerprint density at radius 1 is 1.09 bits per heavy atom. The predicted octanol–water partition coefficient (Wildman–Crippen LogP) is 2.41. The molecule has 112 valence electrons.